The minimum atomic E-state index is -4.80. The van der Waals surface area contributed by atoms with Gasteiger partial charge in [0.15, 0.2) is 5.69 Å². The number of halogens is 4. The SMILES string of the molecule is CCc1sc(-c2ccc(F)c(C(F)(F)F)c2)nc1C(=O)OC. The van der Waals surface area contributed by atoms with Gasteiger partial charge in [-0.25, -0.2) is 14.2 Å². The van der Waals surface area contributed by atoms with Gasteiger partial charge in [0, 0.05) is 10.4 Å². The van der Waals surface area contributed by atoms with Crippen molar-refractivity contribution in [1.29, 1.82) is 0 Å². The van der Waals surface area contributed by atoms with Crippen molar-refractivity contribution in [2.75, 3.05) is 7.11 Å². The first-order valence-electron chi connectivity index (χ1n) is 6.23. The third kappa shape index (κ3) is 3.11. The number of esters is 1. The van der Waals surface area contributed by atoms with E-state index < -0.39 is 23.5 Å². The maximum atomic E-state index is 13.3. The van der Waals surface area contributed by atoms with Crippen LogP contribution in [0.3, 0.4) is 0 Å². The molecule has 0 aliphatic rings. The molecule has 1 aromatic heterocycles. The largest absolute Gasteiger partial charge is 0.464 e. The quantitative estimate of drug-likeness (QED) is 0.620. The molecule has 0 N–H and O–H groups in total. The van der Waals surface area contributed by atoms with Gasteiger partial charge in [0.1, 0.15) is 10.8 Å². The van der Waals surface area contributed by atoms with Gasteiger partial charge in [-0.15, -0.1) is 11.3 Å². The molecule has 0 unspecified atom stereocenters. The Kier molecular flexibility index (Phi) is 4.50. The number of aromatic nitrogens is 1. The molecule has 3 nitrogen and oxygen atoms in total. The zero-order chi connectivity index (χ0) is 16.5. The monoisotopic (exact) mass is 333 g/mol. The van der Waals surface area contributed by atoms with E-state index in [1.165, 1.54) is 13.2 Å². The number of hydrogen-bond donors (Lipinski definition) is 0. The van der Waals surface area contributed by atoms with Gasteiger partial charge in [-0.2, -0.15) is 13.2 Å². The van der Waals surface area contributed by atoms with E-state index >= 15 is 0 Å². The highest BCUT2D eigenvalue weighted by atomic mass is 32.1. The molecule has 0 aliphatic heterocycles. The summed E-state index contributed by atoms with van der Waals surface area (Å²) in [5.74, 6) is -2.01. The maximum Gasteiger partial charge on any atom is 0.419 e. The number of rotatable bonds is 3. The summed E-state index contributed by atoms with van der Waals surface area (Å²) in [6.07, 6.45) is -4.31. The molecule has 2 rings (SSSR count). The average molecular weight is 333 g/mol. The van der Waals surface area contributed by atoms with Crippen LogP contribution in [0.4, 0.5) is 17.6 Å². The highest BCUT2D eigenvalue weighted by molar-refractivity contribution is 7.15. The van der Waals surface area contributed by atoms with Crippen LogP contribution in [-0.2, 0) is 17.3 Å². The fraction of sp³-hybridized carbons (Fsp3) is 0.286. The minimum absolute atomic E-state index is 0.0721. The van der Waals surface area contributed by atoms with E-state index in [9.17, 15) is 22.4 Å². The molecule has 0 spiro atoms. The van der Waals surface area contributed by atoms with Crippen molar-refractivity contribution < 1.29 is 27.1 Å². The zero-order valence-electron chi connectivity index (χ0n) is 11.6. The summed E-state index contributed by atoms with van der Waals surface area (Å²) >= 11 is 1.08. The molecule has 0 radical (unpaired) electrons. The normalized spacial score (nSPS) is 11.5. The van der Waals surface area contributed by atoms with Crippen LogP contribution in [0.15, 0.2) is 18.2 Å². The molecule has 0 bridgehead atoms. The summed E-state index contributed by atoms with van der Waals surface area (Å²) in [5, 5.41) is 0.211. The molecule has 2 aromatic rings. The highest BCUT2D eigenvalue weighted by Crippen LogP contribution is 2.36. The fourth-order valence-electron chi connectivity index (χ4n) is 1.85. The first kappa shape index (κ1) is 16.4. The summed E-state index contributed by atoms with van der Waals surface area (Å²) in [7, 11) is 1.19. The van der Waals surface area contributed by atoms with Crippen molar-refractivity contribution in [3.63, 3.8) is 0 Å². The van der Waals surface area contributed by atoms with Crippen LogP contribution in [0, 0.1) is 5.82 Å². The van der Waals surface area contributed by atoms with Crippen LogP contribution in [0.1, 0.15) is 27.9 Å². The third-order valence-corrected chi connectivity index (χ3v) is 4.16. The predicted octanol–water partition coefficient (Wildman–Crippen LogP) is 4.32. The van der Waals surface area contributed by atoms with E-state index in [1.54, 1.807) is 6.92 Å². The van der Waals surface area contributed by atoms with Gasteiger partial charge in [0.2, 0.25) is 0 Å². The Morgan fingerprint density at radius 1 is 1.36 bits per heavy atom. The lowest BCUT2D eigenvalue weighted by Crippen LogP contribution is -2.08. The molecular formula is C14H11F4NO2S. The number of nitrogens with zero attached hydrogens (tertiary/aromatic N) is 1. The van der Waals surface area contributed by atoms with Crippen molar-refractivity contribution in [2.45, 2.75) is 19.5 Å². The second kappa shape index (κ2) is 6.04. The second-order valence-electron chi connectivity index (χ2n) is 4.33. The van der Waals surface area contributed by atoms with Crippen molar-refractivity contribution in [1.82, 2.24) is 4.98 Å². The standard InChI is InChI=1S/C14H11F4NO2S/c1-3-10-11(13(20)21-2)19-12(22-10)7-4-5-9(15)8(6-7)14(16,17)18/h4-6H,3H2,1-2H3. The van der Waals surface area contributed by atoms with Gasteiger partial charge in [-0.1, -0.05) is 6.92 Å². The van der Waals surface area contributed by atoms with Crippen LogP contribution in [0.25, 0.3) is 10.6 Å². The number of benzene rings is 1. The summed E-state index contributed by atoms with van der Waals surface area (Å²) in [5.41, 5.74) is -1.19. The van der Waals surface area contributed by atoms with Gasteiger partial charge in [0.25, 0.3) is 0 Å². The summed E-state index contributed by atoms with van der Waals surface area (Å²) < 4.78 is 56.1. The number of carbonyl (C=O) groups excluding carboxylic acids is 1. The predicted molar refractivity (Wildman–Crippen MR) is 73.2 cm³/mol. The summed E-state index contributed by atoms with van der Waals surface area (Å²) in [6.45, 7) is 1.79. The van der Waals surface area contributed by atoms with Crippen LogP contribution in [0.2, 0.25) is 0 Å². The average Bonchev–Trinajstić information content (AvgIpc) is 2.90. The van der Waals surface area contributed by atoms with Crippen molar-refractivity contribution in [3.8, 4) is 10.6 Å². The topological polar surface area (TPSA) is 39.2 Å². The molecule has 1 heterocycles. The van der Waals surface area contributed by atoms with Gasteiger partial charge in [0.05, 0.1) is 12.7 Å². The van der Waals surface area contributed by atoms with Gasteiger partial charge < -0.3 is 4.74 Å². The number of ether oxygens (including phenoxy) is 1. The lowest BCUT2D eigenvalue weighted by atomic mass is 10.1. The molecular weight excluding hydrogens is 322 g/mol. The van der Waals surface area contributed by atoms with Crippen molar-refractivity contribution in [2.24, 2.45) is 0 Å². The van der Waals surface area contributed by atoms with E-state index in [0.717, 1.165) is 17.4 Å². The number of thiazole rings is 1. The van der Waals surface area contributed by atoms with Crippen LogP contribution < -0.4 is 0 Å². The molecule has 22 heavy (non-hydrogen) atoms. The van der Waals surface area contributed by atoms with Crippen molar-refractivity contribution in [3.05, 3.63) is 40.2 Å². The third-order valence-electron chi connectivity index (χ3n) is 2.92. The van der Waals surface area contributed by atoms with E-state index in [4.69, 9.17) is 0 Å². The van der Waals surface area contributed by atoms with Crippen LogP contribution in [0.5, 0.6) is 0 Å². The Balaban J connectivity index is 2.53. The number of alkyl halides is 3. The number of carbonyl (C=O) groups is 1. The molecule has 0 amide bonds. The first-order valence-corrected chi connectivity index (χ1v) is 7.04. The zero-order valence-corrected chi connectivity index (χ0v) is 12.4. The summed E-state index contributed by atoms with van der Waals surface area (Å²) in [4.78, 5) is 16.2. The van der Waals surface area contributed by atoms with Gasteiger partial charge in [-0.05, 0) is 24.6 Å². The Morgan fingerprint density at radius 2 is 2.05 bits per heavy atom. The highest BCUT2D eigenvalue weighted by Gasteiger charge is 2.34. The van der Waals surface area contributed by atoms with E-state index in [1.807, 2.05) is 0 Å². The number of hydrogen-bond acceptors (Lipinski definition) is 4. The lowest BCUT2D eigenvalue weighted by Gasteiger charge is -2.08. The molecule has 118 valence electrons. The molecule has 0 fully saturated rings. The Morgan fingerprint density at radius 3 is 2.59 bits per heavy atom. The molecule has 0 aliphatic carbocycles. The molecule has 8 heteroatoms. The Labute approximate surface area is 127 Å². The van der Waals surface area contributed by atoms with Gasteiger partial charge >= 0.3 is 12.1 Å². The van der Waals surface area contributed by atoms with E-state index in [0.29, 0.717) is 17.4 Å². The number of aryl methyl sites for hydroxylation is 1. The van der Waals surface area contributed by atoms with Crippen LogP contribution >= 0.6 is 11.3 Å². The maximum absolute atomic E-state index is 13.3. The Bertz CT molecular complexity index is 709. The second-order valence-corrected chi connectivity index (χ2v) is 5.41. The summed E-state index contributed by atoms with van der Waals surface area (Å²) in [6, 6.07) is 2.63. The molecule has 0 atom stereocenters. The smallest absolute Gasteiger partial charge is 0.419 e. The minimum Gasteiger partial charge on any atom is -0.464 e. The van der Waals surface area contributed by atoms with E-state index in [2.05, 4.69) is 9.72 Å². The Hall–Kier alpha value is -1.96. The van der Waals surface area contributed by atoms with Crippen molar-refractivity contribution >= 4 is 17.3 Å². The molecule has 0 saturated carbocycles. The fourth-order valence-corrected chi connectivity index (χ4v) is 2.83. The lowest BCUT2D eigenvalue weighted by molar-refractivity contribution is -0.139. The first-order chi connectivity index (χ1) is 10.3. The van der Waals surface area contributed by atoms with Crippen LogP contribution in [-0.4, -0.2) is 18.1 Å². The van der Waals surface area contributed by atoms with Gasteiger partial charge in [-0.3, -0.25) is 0 Å². The molecule has 1 aromatic carbocycles. The molecule has 0 saturated heterocycles. The van der Waals surface area contributed by atoms with E-state index in [-0.39, 0.29) is 16.3 Å². The number of methoxy groups -OCH3 is 1.